The second-order valence-electron chi connectivity index (χ2n) is 4.30. The third-order valence-corrected chi connectivity index (χ3v) is 3.35. The van der Waals surface area contributed by atoms with Gasteiger partial charge in [-0.2, -0.15) is 5.10 Å². The van der Waals surface area contributed by atoms with Crippen LogP contribution in [-0.2, 0) is 0 Å². The summed E-state index contributed by atoms with van der Waals surface area (Å²) in [7, 11) is 0. The standard InChI is InChI=1S/C16H15BrN2O3/c1-2-21-14-9-11(10-19-18)8-13(17)15(14)22-16(20)12-6-4-3-5-7-12/h3-10H,2,18H2,1H3. The number of carbonyl (C=O) groups is 1. The molecule has 0 unspecified atom stereocenters. The van der Waals surface area contributed by atoms with Crippen LogP contribution in [0, 0.1) is 0 Å². The topological polar surface area (TPSA) is 73.9 Å². The van der Waals surface area contributed by atoms with Crippen molar-refractivity contribution < 1.29 is 14.3 Å². The molecule has 0 amide bonds. The SMILES string of the molecule is CCOc1cc(C=NN)cc(Br)c1OC(=O)c1ccccc1. The van der Waals surface area contributed by atoms with Crippen molar-refractivity contribution in [3.8, 4) is 11.5 Å². The Hall–Kier alpha value is -2.34. The number of halogens is 1. The molecule has 0 fully saturated rings. The molecule has 0 heterocycles. The first kappa shape index (κ1) is 16.0. The van der Waals surface area contributed by atoms with Gasteiger partial charge < -0.3 is 15.3 Å². The molecule has 2 aromatic rings. The van der Waals surface area contributed by atoms with Crippen LogP contribution in [0.5, 0.6) is 11.5 Å². The van der Waals surface area contributed by atoms with Gasteiger partial charge in [0.15, 0.2) is 11.5 Å². The van der Waals surface area contributed by atoms with Crippen LogP contribution >= 0.6 is 15.9 Å². The molecule has 0 bridgehead atoms. The lowest BCUT2D eigenvalue weighted by atomic mass is 10.2. The maximum Gasteiger partial charge on any atom is 0.343 e. The van der Waals surface area contributed by atoms with Crippen LogP contribution in [0.15, 0.2) is 52.0 Å². The number of carbonyl (C=O) groups excluding carboxylic acids is 1. The Bertz CT molecular complexity index is 687. The molecule has 5 nitrogen and oxygen atoms in total. The summed E-state index contributed by atoms with van der Waals surface area (Å²) in [6.45, 7) is 2.28. The average Bonchev–Trinajstić information content (AvgIpc) is 2.52. The first-order valence-electron chi connectivity index (χ1n) is 6.62. The van der Waals surface area contributed by atoms with Crippen LogP contribution in [-0.4, -0.2) is 18.8 Å². The zero-order chi connectivity index (χ0) is 15.9. The number of esters is 1. The normalized spacial score (nSPS) is 10.6. The van der Waals surface area contributed by atoms with Gasteiger partial charge in [0.2, 0.25) is 0 Å². The van der Waals surface area contributed by atoms with Gasteiger partial charge in [-0.05, 0) is 52.7 Å². The van der Waals surface area contributed by atoms with E-state index >= 15 is 0 Å². The van der Waals surface area contributed by atoms with Crippen molar-refractivity contribution in [2.45, 2.75) is 6.92 Å². The van der Waals surface area contributed by atoms with Gasteiger partial charge in [0.1, 0.15) is 0 Å². The van der Waals surface area contributed by atoms with Crippen molar-refractivity contribution in [2.75, 3.05) is 6.61 Å². The molecule has 0 saturated heterocycles. The van der Waals surface area contributed by atoms with E-state index in [2.05, 4.69) is 21.0 Å². The van der Waals surface area contributed by atoms with Crippen molar-refractivity contribution in [3.05, 3.63) is 58.1 Å². The molecule has 0 aromatic heterocycles. The maximum absolute atomic E-state index is 12.2. The van der Waals surface area contributed by atoms with Gasteiger partial charge >= 0.3 is 5.97 Å². The average molecular weight is 363 g/mol. The van der Waals surface area contributed by atoms with Crippen LogP contribution in [0.1, 0.15) is 22.8 Å². The Morgan fingerprint density at radius 2 is 2.05 bits per heavy atom. The van der Waals surface area contributed by atoms with Crippen LogP contribution in [0.3, 0.4) is 0 Å². The van der Waals surface area contributed by atoms with E-state index in [-0.39, 0.29) is 0 Å². The first-order valence-corrected chi connectivity index (χ1v) is 7.41. The summed E-state index contributed by atoms with van der Waals surface area (Å²) in [5.41, 5.74) is 1.20. The van der Waals surface area contributed by atoms with Gasteiger partial charge in [-0.15, -0.1) is 0 Å². The van der Waals surface area contributed by atoms with E-state index in [1.165, 1.54) is 6.21 Å². The van der Waals surface area contributed by atoms with Gasteiger partial charge in [-0.3, -0.25) is 0 Å². The summed E-state index contributed by atoms with van der Waals surface area (Å²) in [6, 6.07) is 12.2. The molecule has 22 heavy (non-hydrogen) atoms. The van der Waals surface area contributed by atoms with E-state index in [9.17, 15) is 4.79 Å². The second kappa shape index (κ2) is 7.61. The fourth-order valence-corrected chi connectivity index (χ4v) is 2.38. The lowest BCUT2D eigenvalue weighted by Gasteiger charge is -2.13. The Labute approximate surface area is 136 Å². The second-order valence-corrected chi connectivity index (χ2v) is 5.15. The monoisotopic (exact) mass is 362 g/mol. The van der Waals surface area contributed by atoms with Gasteiger partial charge in [0, 0.05) is 0 Å². The number of hydrogen-bond acceptors (Lipinski definition) is 5. The third-order valence-electron chi connectivity index (χ3n) is 2.76. The molecule has 0 radical (unpaired) electrons. The van der Waals surface area contributed by atoms with Gasteiger partial charge in [-0.1, -0.05) is 18.2 Å². The predicted octanol–water partition coefficient (Wildman–Crippen LogP) is 3.36. The Kier molecular flexibility index (Phi) is 5.55. The summed E-state index contributed by atoms with van der Waals surface area (Å²) in [5, 5.41) is 3.48. The van der Waals surface area contributed by atoms with E-state index in [0.717, 1.165) is 5.56 Å². The smallest absolute Gasteiger partial charge is 0.343 e. The highest BCUT2D eigenvalue weighted by molar-refractivity contribution is 9.10. The minimum Gasteiger partial charge on any atom is -0.490 e. The highest BCUT2D eigenvalue weighted by Gasteiger charge is 2.16. The quantitative estimate of drug-likeness (QED) is 0.291. The van der Waals surface area contributed by atoms with Crippen molar-refractivity contribution in [1.82, 2.24) is 0 Å². The molecule has 0 aliphatic heterocycles. The third kappa shape index (κ3) is 3.85. The Morgan fingerprint density at radius 1 is 1.32 bits per heavy atom. The number of hydrazone groups is 1. The van der Waals surface area contributed by atoms with E-state index in [4.69, 9.17) is 15.3 Å². The number of nitrogens with two attached hydrogens (primary N) is 1. The summed E-state index contributed by atoms with van der Waals surface area (Å²) in [5.74, 6) is 5.47. The molecular weight excluding hydrogens is 348 g/mol. The lowest BCUT2D eigenvalue weighted by Crippen LogP contribution is -2.10. The lowest BCUT2D eigenvalue weighted by molar-refractivity contribution is 0.0727. The van der Waals surface area contributed by atoms with Crippen LogP contribution in [0.4, 0.5) is 0 Å². The molecule has 0 spiro atoms. The molecule has 6 heteroatoms. The van der Waals surface area contributed by atoms with Gasteiger partial charge in [-0.25, -0.2) is 4.79 Å². The minimum absolute atomic E-state index is 0.324. The molecule has 2 aromatic carbocycles. The Balaban J connectivity index is 2.35. The molecule has 0 saturated carbocycles. The minimum atomic E-state index is -0.456. The largest absolute Gasteiger partial charge is 0.490 e. The van der Waals surface area contributed by atoms with Crippen molar-refractivity contribution >= 4 is 28.1 Å². The summed E-state index contributed by atoms with van der Waals surface area (Å²) < 4.78 is 11.6. The van der Waals surface area contributed by atoms with E-state index in [1.54, 1.807) is 36.4 Å². The highest BCUT2D eigenvalue weighted by Crippen LogP contribution is 2.37. The molecule has 2 N–H and O–H groups in total. The molecular formula is C16H15BrN2O3. The number of hydrogen-bond donors (Lipinski definition) is 1. The molecule has 2 rings (SSSR count). The Morgan fingerprint density at radius 3 is 2.68 bits per heavy atom. The summed E-state index contributed by atoms with van der Waals surface area (Å²) in [4.78, 5) is 12.2. The number of ether oxygens (including phenoxy) is 2. The zero-order valence-electron chi connectivity index (χ0n) is 12.0. The van der Waals surface area contributed by atoms with Crippen LogP contribution in [0.2, 0.25) is 0 Å². The van der Waals surface area contributed by atoms with Gasteiger partial charge in [0.05, 0.1) is 22.9 Å². The van der Waals surface area contributed by atoms with E-state index in [1.807, 2.05) is 13.0 Å². The zero-order valence-corrected chi connectivity index (χ0v) is 13.5. The van der Waals surface area contributed by atoms with Crippen LogP contribution < -0.4 is 15.3 Å². The predicted molar refractivity (Wildman–Crippen MR) is 88.5 cm³/mol. The fraction of sp³-hybridized carbons (Fsp3) is 0.125. The maximum atomic E-state index is 12.2. The summed E-state index contributed by atoms with van der Waals surface area (Å²) in [6.07, 6.45) is 1.48. The molecule has 0 atom stereocenters. The number of benzene rings is 2. The van der Waals surface area contributed by atoms with Crippen molar-refractivity contribution in [3.63, 3.8) is 0 Å². The summed E-state index contributed by atoms with van der Waals surface area (Å²) >= 11 is 3.38. The van der Waals surface area contributed by atoms with E-state index < -0.39 is 5.97 Å². The molecule has 0 aliphatic carbocycles. The molecule has 0 aliphatic rings. The van der Waals surface area contributed by atoms with E-state index in [0.29, 0.717) is 28.1 Å². The van der Waals surface area contributed by atoms with Crippen molar-refractivity contribution in [1.29, 1.82) is 0 Å². The number of nitrogens with zero attached hydrogens (tertiary/aromatic N) is 1. The number of rotatable bonds is 5. The fourth-order valence-electron chi connectivity index (χ4n) is 1.84. The first-order chi connectivity index (χ1) is 10.7. The van der Waals surface area contributed by atoms with Gasteiger partial charge in [0.25, 0.3) is 0 Å². The highest BCUT2D eigenvalue weighted by atomic mass is 79.9. The van der Waals surface area contributed by atoms with Crippen molar-refractivity contribution in [2.24, 2.45) is 10.9 Å². The molecule has 114 valence electrons. The van der Waals surface area contributed by atoms with Crippen LogP contribution in [0.25, 0.3) is 0 Å².